The summed E-state index contributed by atoms with van der Waals surface area (Å²) < 4.78 is 13.3. The molecule has 20 heavy (non-hydrogen) atoms. The van der Waals surface area contributed by atoms with E-state index in [4.69, 9.17) is 5.73 Å². The maximum absolute atomic E-state index is 13.3. The Morgan fingerprint density at radius 3 is 2.60 bits per heavy atom. The second-order valence-corrected chi connectivity index (χ2v) is 4.53. The first-order valence-electron chi connectivity index (χ1n) is 6.55. The normalized spacial score (nSPS) is 10.3. The highest BCUT2D eigenvalue weighted by molar-refractivity contribution is 6.07. The fourth-order valence-electron chi connectivity index (χ4n) is 2.07. The quantitative estimate of drug-likeness (QED) is 0.866. The summed E-state index contributed by atoms with van der Waals surface area (Å²) in [6, 6.07) is 12.9. The Labute approximate surface area is 117 Å². The van der Waals surface area contributed by atoms with Crippen LogP contribution in [0.15, 0.2) is 48.5 Å². The highest BCUT2D eigenvalue weighted by atomic mass is 19.1. The number of carbonyl (C=O) groups is 1. The van der Waals surface area contributed by atoms with Crippen molar-refractivity contribution in [1.82, 2.24) is 0 Å². The van der Waals surface area contributed by atoms with Crippen molar-refractivity contribution in [2.75, 3.05) is 17.2 Å². The minimum Gasteiger partial charge on any atom is -0.397 e. The van der Waals surface area contributed by atoms with Gasteiger partial charge < -0.3 is 10.6 Å². The van der Waals surface area contributed by atoms with Crippen LogP contribution in [0.25, 0.3) is 0 Å². The fourth-order valence-corrected chi connectivity index (χ4v) is 2.07. The van der Waals surface area contributed by atoms with Crippen molar-refractivity contribution in [2.24, 2.45) is 0 Å². The van der Waals surface area contributed by atoms with Crippen LogP contribution in [-0.2, 0) is 0 Å². The minimum atomic E-state index is -0.423. The van der Waals surface area contributed by atoms with Crippen molar-refractivity contribution >= 4 is 17.3 Å². The lowest BCUT2D eigenvalue weighted by Crippen LogP contribution is -2.32. The first-order chi connectivity index (χ1) is 9.63. The number of amides is 1. The second-order valence-electron chi connectivity index (χ2n) is 4.53. The van der Waals surface area contributed by atoms with E-state index in [0.29, 0.717) is 23.5 Å². The van der Waals surface area contributed by atoms with E-state index >= 15 is 0 Å². The predicted molar refractivity (Wildman–Crippen MR) is 79.2 cm³/mol. The molecule has 0 aliphatic heterocycles. The highest BCUT2D eigenvalue weighted by Crippen LogP contribution is 2.24. The molecule has 0 saturated heterocycles. The molecule has 104 valence electrons. The number of para-hydroxylation sites is 2. The van der Waals surface area contributed by atoms with Crippen molar-refractivity contribution in [2.45, 2.75) is 13.3 Å². The zero-order valence-electron chi connectivity index (χ0n) is 11.3. The van der Waals surface area contributed by atoms with Gasteiger partial charge in [-0.3, -0.25) is 4.79 Å². The van der Waals surface area contributed by atoms with Gasteiger partial charge in [-0.25, -0.2) is 4.39 Å². The molecule has 2 aromatic rings. The lowest BCUT2D eigenvalue weighted by Gasteiger charge is -2.23. The molecule has 0 spiro atoms. The Morgan fingerprint density at radius 1 is 1.20 bits per heavy atom. The van der Waals surface area contributed by atoms with Gasteiger partial charge in [-0.1, -0.05) is 25.1 Å². The molecule has 2 rings (SSSR count). The number of halogens is 1. The Bertz CT molecular complexity index is 613. The molecule has 2 N–H and O–H groups in total. The van der Waals surface area contributed by atoms with Crippen LogP contribution in [0.2, 0.25) is 0 Å². The molecule has 3 nitrogen and oxygen atoms in total. The van der Waals surface area contributed by atoms with Crippen LogP contribution in [0.4, 0.5) is 15.8 Å². The monoisotopic (exact) mass is 272 g/mol. The molecule has 2 aromatic carbocycles. The lowest BCUT2D eigenvalue weighted by molar-refractivity contribution is 0.0986. The van der Waals surface area contributed by atoms with Crippen molar-refractivity contribution < 1.29 is 9.18 Å². The van der Waals surface area contributed by atoms with E-state index in [2.05, 4.69) is 0 Å². The largest absolute Gasteiger partial charge is 0.397 e. The van der Waals surface area contributed by atoms with Crippen molar-refractivity contribution in [3.63, 3.8) is 0 Å². The molecule has 0 aromatic heterocycles. The van der Waals surface area contributed by atoms with Crippen molar-refractivity contribution in [3.05, 3.63) is 59.9 Å². The summed E-state index contributed by atoms with van der Waals surface area (Å²) in [7, 11) is 0. The number of rotatable bonds is 4. The van der Waals surface area contributed by atoms with Crippen molar-refractivity contribution in [3.8, 4) is 0 Å². The van der Waals surface area contributed by atoms with E-state index in [1.165, 1.54) is 18.2 Å². The molecule has 1 amide bonds. The van der Waals surface area contributed by atoms with Crippen LogP contribution in [-0.4, -0.2) is 12.5 Å². The Morgan fingerprint density at radius 2 is 1.95 bits per heavy atom. The van der Waals surface area contributed by atoms with Gasteiger partial charge in [-0.15, -0.1) is 0 Å². The van der Waals surface area contributed by atoms with Gasteiger partial charge >= 0.3 is 0 Å². The smallest absolute Gasteiger partial charge is 0.258 e. The van der Waals surface area contributed by atoms with Crippen LogP contribution in [0.5, 0.6) is 0 Å². The third-order valence-corrected chi connectivity index (χ3v) is 2.99. The van der Waals surface area contributed by atoms with E-state index in [-0.39, 0.29) is 5.91 Å². The third kappa shape index (κ3) is 2.96. The number of nitrogens with two attached hydrogens (primary N) is 1. The van der Waals surface area contributed by atoms with Gasteiger partial charge in [0.2, 0.25) is 0 Å². The Balaban J connectivity index is 2.39. The van der Waals surface area contributed by atoms with Crippen LogP contribution >= 0.6 is 0 Å². The number of nitrogens with zero attached hydrogens (tertiary/aromatic N) is 1. The number of anilines is 2. The zero-order valence-corrected chi connectivity index (χ0v) is 11.3. The van der Waals surface area contributed by atoms with Crippen LogP contribution in [0.3, 0.4) is 0 Å². The van der Waals surface area contributed by atoms with Gasteiger partial charge in [0.15, 0.2) is 0 Å². The SMILES string of the molecule is CCCN(C(=O)c1cccc(F)c1)c1ccccc1N. The van der Waals surface area contributed by atoms with Gasteiger partial charge in [0.05, 0.1) is 11.4 Å². The van der Waals surface area contributed by atoms with Gasteiger partial charge in [0.1, 0.15) is 5.82 Å². The van der Waals surface area contributed by atoms with E-state index in [1.54, 1.807) is 23.1 Å². The Hall–Kier alpha value is -2.36. The number of carbonyl (C=O) groups excluding carboxylic acids is 1. The molecule has 0 radical (unpaired) electrons. The fraction of sp³-hybridized carbons (Fsp3) is 0.188. The summed E-state index contributed by atoms with van der Waals surface area (Å²) in [6.07, 6.45) is 0.787. The summed E-state index contributed by atoms with van der Waals surface area (Å²) in [5.74, 6) is -0.669. The predicted octanol–water partition coefficient (Wildman–Crippen LogP) is 3.46. The molecule has 0 saturated carbocycles. The Kier molecular flexibility index (Phi) is 4.35. The van der Waals surface area contributed by atoms with Crippen LogP contribution in [0.1, 0.15) is 23.7 Å². The summed E-state index contributed by atoms with van der Waals surface area (Å²) in [4.78, 5) is 14.1. The summed E-state index contributed by atoms with van der Waals surface area (Å²) in [5, 5.41) is 0. The topological polar surface area (TPSA) is 46.3 Å². The van der Waals surface area contributed by atoms with E-state index in [9.17, 15) is 9.18 Å². The van der Waals surface area contributed by atoms with Crippen LogP contribution in [0, 0.1) is 5.82 Å². The second kappa shape index (κ2) is 6.19. The molecule has 0 bridgehead atoms. The molecule has 0 aliphatic rings. The van der Waals surface area contributed by atoms with E-state index in [1.807, 2.05) is 19.1 Å². The lowest BCUT2D eigenvalue weighted by atomic mass is 10.1. The van der Waals surface area contributed by atoms with Crippen LogP contribution < -0.4 is 10.6 Å². The standard InChI is InChI=1S/C16H17FN2O/c1-2-10-19(15-9-4-3-8-14(15)18)16(20)12-6-5-7-13(17)11-12/h3-9,11H,2,10,18H2,1H3. The summed E-state index contributed by atoms with van der Waals surface area (Å²) >= 11 is 0. The minimum absolute atomic E-state index is 0.246. The maximum Gasteiger partial charge on any atom is 0.258 e. The molecule has 4 heteroatoms. The van der Waals surface area contributed by atoms with E-state index in [0.717, 1.165) is 6.42 Å². The first kappa shape index (κ1) is 14.1. The zero-order chi connectivity index (χ0) is 14.5. The highest BCUT2D eigenvalue weighted by Gasteiger charge is 2.18. The van der Waals surface area contributed by atoms with Gasteiger partial charge in [-0.2, -0.15) is 0 Å². The molecule has 0 atom stereocenters. The first-order valence-corrected chi connectivity index (χ1v) is 6.55. The van der Waals surface area contributed by atoms with Crippen molar-refractivity contribution in [1.29, 1.82) is 0 Å². The van der Waals surface area contributed by atoms with Gasteiger partial charge in [0.25, 0.3) is 5.91 Å². The van der Waals surface area contributed by atoms with E-state index < -0.39 is 5.82 Å². The number of nitrogen functional groups attached to an aromatic ring is 1. The molecule has 0 unspecified atom stereocenters. The summed E-state index contributed by atoms with van der Waals surface area (Å²) in [6.45, 7) is 2.51. The molecular formula is C16H17FN2O. The molecule has 0 heterocycles. The van der Waals surface area contributed by atoms with Gasteiger partial charge in [0, 0.05) is 12.1 Å². The number of hydrogen-bond acceptors (Lipinski definition) is 2. The maximum atomic E-state index is 13.3. The molecular weight excluding hydrogens is 255 g/mol. The third-order valence-electron chi connectivity index (χ3n) is 2.99. The van der Waals surface area contributed by atoms with Gasteiger partial charge in [-0.05, 0) is 36.8 Å². The summed E-state index contributed by atoms with van der Waals surface area (Å²) in [5.41, 5.74) is 7.44. The number of benzene rings is 2. The average molecular weight is 272 g/mol. The molecule has 0 aliphatic carbocycles. The number of hydrogen-bond donors (Lipinski definition) is 1. The molecule has 0 fully saturated rings. The average Bonchev–Trinajstić information content (AvgIpc) is 2.45.